The molecule has 1 aliphatic heterocycles. The van der Waals surface area contributed by atoms with Crippen LogP contribution in [0.25, 0.3) is 0 Å². The summed E-state index contributed by atoms with van der Waals surface area (Å²) in [6, 6.07) is 10.6. The molecule has 90 valence electrons. The first-order valence-electron chi connectivity index (χ1n) is 6.27. The predicted octanol–water partition coefficient (Wildman–Crippen LogP) is 1.15. The summed E-state index contributed by atoms with van der Waals surface area (Å²) in [5.74, 6) is 0.301. The molecule has 3 nitrogen and oxygen atoms in total. The van der Waals surface area contributed by atoms with E-state index in [-0.39, 0.29) is 5.41 Å². The summed E-state index contributed by atoms with van der Waals surface area (Å²) in [6.45, 7) is 1.88. The molecule has 1 saturated heterocycles. The topological polar surface area (TPSA) is 32.3 Å². The second-order valence-electron chi connectivity index (χ2n) is 5.18. The Bertz CT molecular complexity index is 421. The number of hydrogen-bond acceptors (Lipinski definition) is 2. The fraction of sp³-hybridized carbons (Fsp3) is 0.500. The van der Waals surface area contributed by atoms with E-state index >= 15 is 0 Å². The smallest absolute Gasteiger partial charge is 0.233 e. The van der Waals surface area contributed by atoms with Crippen LogP contribution in [0.2, 0.25) is 0 Å². The van der Waals surface area contributed by atoms with Crippen molar-refractivity contribution in [2.75, 3.05) is 20.1 Å². The molecule has 1 saturated carbocycles. The lowest BCUT2D eigenvalue weighted by Crippen LogP contribution is -2.59. The van der Waals surface area contributed by atoms with Crippen LogP contribution in [0.5, 0.6) is 0 Å². The van der Waals surface area contributed by atoms with Crippen LogP contribution in [0.3, 0.4) is 0 Å². The first kappa shape index (κ1) is 10.8. The standard InChI is InChI=1S/C14H18N2O/c1-16(12-9-15-10-12)13(17)14(7-8-14)11-5-3-2-4-6-11/h2-6,12,15H,7-10H2,1H3. The highest BCUT2D eigenvalue weighted by molar-refractivity contribution is 5.91. The Morgan fingerprint density at radius 3 is 2.41 bits per heavy atom. The number of nitrogens with zero attached hydrogens (tertiary/aromatic N) is 1. The van der Waals surface area contributed by atoms with Crippen LogP contribution >= 0.6 is 0 Å². The SMILES string of the molecule is CN(C(=O)C1(c2ccccc2)CC1)C1CNC1. The molecule has 17 heavy (non-hydrogen) atoms. The Kier molecular flexibility index (Phi) is 2.44. The molecular formula is C14H18N2O. The fourth-order valence-electron chi connectivity index (χ4n) is 2.56. The third-order valence-electron chi connectivity index (χ3n) is 4.11. The molecule has 1 amide bonds. The third-order valence-corrected chi connectivity index (χ3v) is 4.11. The summed E-state index contributed by atoms with van der Waals surface area (Å²) in [4.78, 5) is 14.5. The summed E-state index contributed by atoms with van der Waals surface area (Å²) >= 11 is 0. The molecule has 0 unspecified atom stereocenters. The average Bonchev–Trinajstić information content (AvgIpc) is 3.08. The Morgan fingerprint density at radius 2 is 1.94 bits per heavy atom. The molecule has 0 bridgehead atoms. The number of hydrogen-bond donors (Lipinski definition) is 1. The first-order valence-corrected chi connectivity index (χ1v) is 6.27. The molecule has 0 spiro atoms. The Labute approximate surface area is 102 Å². The van der Waals surface area contributed by atoms with E-state index in [0.29, 0.717) is 11.9 Å². The summed E-state index contributed by atoms with van der Waals surface area (Å²) in [5.41, 5.74) is 0.982. The van der Waals surface area contributed by atoms with Crippen molar-refractivity contribution in [3.63, 3.8) is 0 Å². The lowest BCUT2D eigenvalue weighted by Gasteiger charge is -2.37. The maximum absolute atomic E-state index is 12.6. The zero-order valence-corrected chi connectivity index (χ0v) is 10.1. The van der Waals surface area contributed by atoms with E-state index in [1.54, 1.807) is 0 Å². The maximum atomic E-state index is 12.6. The minimum absolute atomic E-state index is 0.203. The maximum Gasteiger partial charge on any atom is 0.233 e. The molecule has 0 aromatic heterocycles. The molecule has 1 aromatic carbocycles. The van der Waals surface area contributed by atoms with Gasteiger partial charge in [0.2, 0.25) is 5.91 Å². The van der Waals surface area contributed by atoms with Crippen molar-refractivity contribution in [2.24, 2.45) is 0 Å². The molecule has 1 aromatic rings. The van der Waals surface area contributed by atoms with Crippen LogP contribution in [0.4, 0.5) is 0 Å². The molecule has 2 aliphatic rings. The van der Waals surface area contributed by atoms with E-state index < -0.39 is 0 Å². The summed E-state index contributed by atoms with van der Waals surface area (Å²) in [6.07, 6.45) is 2.00. The number of likely N-dealkylation sites (N-methyl/N-ethyl adjacent to an activating group) is 1. The van der Waals surface area contributed by atoms with Crippen molar-refractivity contribution in [3.05, 3.63) is 35.9 Å². The lowest BCUT2D eigenvalue weighted by molar-refractivity contribution is -0.135. The second kappa shape index (κ2) is 3.84. The Morgan fingerprint density at radius 1 is 1.29 bits per heavy atom. The average molecular weight is 230 g/mol. The Hall–Kier alpha value is -1.35. The van der Waals surface area contributed by atoms with Gasteiger partial charge in [-0.15, -0.1) is 0 Å². The van der Waals surface area contributed by atoms with Crippen LogP contribution in [0, 0.1) is 0 Å². The van der Waals surface area contributed by atoms with Gasteiger partial charge in [-0.25, -0.2) is 0 Å². The third kappa shape index (κ3) is 1.65. The van der Waals surface area contributed by atoms with Crippen LogP contribution in [-0.4, -0.2) is 37.0 Å². The van der Waals surface area contributed by atoms with Gasteiger partial charge in [-0.2, -0.15) is 0 Å². The van der Waals surface area contributed by atoms with Gasteiger partial charge in [0.25, 0.3) is 0 Å². The van der Waals surface area contributed by atoms with Crippen molar-refractivity contribution in [2.45, 2.75) is 24.3 Å². The summed E-state index contributed by atoms with van der Waals surface area (Å²) in [5, 5.41) is 3.21. The van der Waals surface area contributed by atoms with Crippen molar-refractivity contribution in [1.29, 1.82) is 0 Å². The van der Waals surface area contributed by atoms with Crippen molar-refractivity contribution in [3.8, 4) is 0 Å². The fourth-order valence-corrected chi connectivity index (χ4v) is 2.56. The minimum Gasteiger partial charge on any atom is -0.339 e. The van der Waals surface area contributed by atoms with Crippen LogP contribution in [0.15, 0.2) is 30.3 Å². The molecular weight excluding hydrogens is 212 g/mol. The molecule has 3 heteroatoms. The van der Waals surface area contributed by atoms with Crippen LogP contribution in [-0.2, 0) is 10.2 Å². The van der Waals surface area contributed by atoms with E-state index in [0.717, 1.165) is 25.9 Å². The normalized spacial score (nSPS) is 21.7. The molecule has 2 fully saturated rings. The molecule has 3 rings (SSSR count). The zero-order chi connectivity index (χ0) is 11.9. The van der Waals surface area contributed by atoms with E-state index in [9.17, 15) is 4.79 Å². The Balaban J connectivity index is 1.81. The largest absolute Gasteiger partial charge is 0.339 e. The van der Waals surface area contributed by atoms with Gasteiger partial charge in [0.05, 0.1) is 11.5 Å². The quantitative estimate of drug-likeness (QED) is 0.844. The van der Waals surface area contributed by atoms with Gasteiger partial charge in [0.1, 0.15) is 0 Å². The highest BCUT2D eigenvalue weighted by Gasteiger charge is 2.53. The molecule has 1 N–H and O–H groups in total. The van der Waals surface area contributed by atoms with Crippen molar-refractivity contribution >= 4 is 5.91 Å². The highest BCUT2D eigenvalue weighted by atomic mass is 16.2. The number of nitrogens with one attached hydrogen (secondary N) is 1. The second-order valence-corrected chi connectivity index (χ2v) is 5.18. The molecule has 0 atom stereocenters. The van der Waals surface area contributed by atoms with Gasteiger partial charge in [-0.3, -0.25) is 4.79 Å². The predicted molar refractivity (Wildman–Crippen MR) is 66.8 cm³/mol. The zero-order valence-electron chi connectivity index (χ0n) is 10.1. The molecule has 1 aliphatic carbocycles. The molecule has 0 radical (unpaired) electrons. The van der Waals surface area contributed by atoms with Gasteiger partial charge in [-0.1, -0.05) is 30.3 Å². The van der Waals surface area contributed by atoms with Crippen molar-refractivity contribution < 1.29 is 4.79 Å². The first-order chi connectivity index (χ1) is 8.24. The number of benzene rings is 1. The number of carbonyl (C=O) groups is 1. The van der Waals surface area contributed by atoms with Crippen LogP contribution < -0.4 is 5.32 Å². The summed E-state index contributed by atoms with van der Waals surface area (Å²) in [7, 11) is 1.94. The number of carbonyl (C=O) groups excluding carboxylic acids is 1. The van der Waals surface area contributed by atoms with Crippen molar-refractivity contribution in [1.82, 2.24) is 10.2 Å². The number of amides is 1. The monoisotopic (exact) mass is 230 g/mol. The highest BCUT2D eigenvalue weighted by Crippen LogP contribution is 2.49. The van der Waals surface area contributed by atoms with E-state index in [1.165, 1.54) is 5.56 Å². The van der Waals surface area contributed by atoms with Gasteiger partial charge in [0, 0.05) is 20.1 Å². The van der Waals surface area contributed by atoms with E-state index in [1.807, 2.05) is 30.1 Å². The van der Waals surface area contributed by atoms with E-state index in [2.05, 4.69) is 17.4 Å². The number of rotatable bonds is 3. The van der Waals surface area contributed by atoms with Gasteiger partial charge < -0.3 is 10.2 Å². The minimum atomic E-state index is -0.203. The van der Waals surface area contributed by atoms with Crippen LogP contribution in [0.1, 0.15) is 18.4 Å². The molecule has 1 heterocycles. The van der Waals surface area contributed by atoms with Gasteiger partial charge in [-0.05, 0) is 18.4 Å². The van der Waals surface area contributed by atoms with Gasteiger partial charge >= 0.3 is 0 Å². The van der Waals surface area contributed by atoms with E-state index in [4.69, 9.17) is 0 Å². The van der Waals surface area contributed by atoms with Gasteiger partial charge in [0.15, 0.2) is 0 Å². The lowest BCUT2D eigenvalue weighted by atomic mass is 9.93. The summed E-state index contributed by atoms with van der Waals surface area (Å²) < 4.78 is 0.